The summed E-state index contributed by atoms with van der Waals surface area (Å²) < 4.78 is 0. The molecule has 21 heavy (non-hydrogen) atoms. The summed E-state index contributed by atoms with van der Waals surface area (Å²) in [6.45, 7) is 6.12. The molecule has 1 amide bonds. The second kappa shape index (κ2) is 7.55. The van der Waals surface area contributed by atoms with E-state index in [1.165, 1.54) is 0 Å². The predicted molar refractivity (Wildman–Crippen MR) is 93.6 cm³/mol. The predicted octanol–water partition coefficient (Wildman–Crippen LogP) is 3.83. The van der Waals surface area contributed by atoms with Crippen molar-refractivity contribution in [1.29, 1.82) is 0 Å². The lowest BCUT2D eigenvalue weighted by Crippen LogP contribution is -2.49. The lowest BCUT2D eigenvalue weighted by molar-refractivity contribution is -0.125. The van der Waals surface area contributed by atoms with Crippen LogP contribution in [0, 0.1) is 12.3 Å². The van der Waals surface area contributed by atoms with Crippen LogP contribution in [0.15, 0.2) is 24.3 Å². The fraction of sp³-hybridized carbons (Fsp3) is 0.529. The van der Waals surface area contributed by atoms with Gasteiger partial charge in [0.05, 0.1) is 10.4 Å². The molecule has 0 radical (unpaired) electrons. The molecule has 0 aliphatic carbocycles. The third-order valence-electron chi connectivity index (χ3n) is 4.02. The normalized spacial score (nSPS) is 11.2. The first-order valence-corrected chi connectivity index (χ1v) is 7.95. The topological polar surface area (TPSA) is 46.3 Å². The van der Waals surface area contributed by atoms with Crippen molar-refractivity contribution in [2.75, 3.05) is 11.9 Å². The number of anilines is 1. The zero-order chi connectivity index (χ0) is 16.0. The molecule has 1 aromatic rings. The summed E-state index contributed by atoms with van der Waals surface area (Å²) in [7, 11) is 1.81. The summed E-state index contributed by atoms with van der Waals surface area (Å²) >= 11 is 5.27. The maximum absolute atomic E-state index is 13.1. The van der Waals surface area contributed by atoms with Crippen LogP contribution < -0.4 is 10.6 Å². The van der Waals surface area contributed by atoms with Gasteiger partial charge in [0.15, 0.2) is 0 Å². The zero-order valence-corrected chi connectivity index (χ0v) is 14.3. The van der Waals surface area contributed by atoms with Crippen molar-refractivity contribution < 1.29 is 4.79 Å². The minimum absolute atomic E-state index is 0.00741. The van der Waals surface area contributed by atoms with E-state index in [9.17, 15) is 4.79 Å². The number of hydrogen-bond acceptors (Lipinski definition) is 2. The highest BCUT2D eigenvalue weighted by molar-refractivity contribution is 7.80. The van der Waals surface area contributed by atoms with Gasteiger partial charge in [0.1, 0.15) is 0 Å². The molecule has 116 valence electrons. The van der Waals surface area contributed by atoms with Crippen LogP contribution in [-0.2, 0) is 4.79 Å². The van der Waals surface area contributed by atoms with E-state index in [4.69, 9.17) is 18.0 Å². The van der Waals surface area contributed by atoms with Crippen LogP contribution in [0.4, 0.5) is 5.69 Å². The minimum Gasteiger partial charge on any atom is -0.392 e. The highest BCUT2D eigenvalue weighted by atomic mass is 32.1. The van der Waals surface area contributed by atoms with Gasteiger partial charge in [0, 0.05) is 12.7 Å². The third-order valence-corrected chi connectivity index (χ3v) is 4.41. The maximum atomic E-state index is 13.1. The molecule has 0 aliphatic rings. The van der Waals surface area contributed by atoms with Crippen LogP contribution in [0.3, 0.4) is 0 Å². The molecule has 0 bridgehead atoms. The molecule has 3 nitrogen and oxygen atoms in total. The molecule has 0 fully saturated rings. The summed E-state index contributed by atoms with van der Waals surface area (Å²) in [5.74, 6) is 0.00741. The second-order valence-electron chi connectivity index (χ2n) is 5.60. The Bertz CT molecular complexity index is 507. The largest absolute Gasteiger partial charge is 0.392 e. The number of carbonyl (C=O) groups is 1. The SMILES string of the molecule is CCCC(CCC)(C(=O)N(C)c1ccccc1C)C(N)=S. The summed E-state index contributed by atoms with van der Waals surface area (Å²) in [5, 5.41) is 0. The minimum atomic E-state index is -0.726. The average Bonchev–Trinajstić information content (AvgIpc) is 2.45. The van der Waals surface area contributed by atoms with Gasteiger partial charge in [-0.1, -0.05) is 57.1 Å². The van der Waals surface area contributed by atoms with Gasteiger partial charge in [-0.05, 0) is 31.4 Å². The van der Waals surface area contributed by atoms with Crippen LogP contribution in [0.5, 0.6) is 0 Å². The van der Waals surface area contributed by atoms with Crippen molar-refractivity contribution >= 4 is 28.8 Å². The molecule has 1 aromatic carbocycles. The van der Waals surface area contributed by atoms with E-state index in [2.05, 4.69) is 13.8 Å². The molecule has 4 heteroatoms. The van der Waals surface area contributed by atoms with Crippen LogP contribution in [0.25, 0.3) is 0 Å². The quantitative estimate of drug-likeness (QED) is 0.779. The van der Waals surface area contributed by atoms with Crippen LogP contribution in [0.1, 0.15) is 45.1 Å². The highest BCUT2D eigenvalue weighted by Gasteiger charge is 2.42. The van der Waals surface area contributed by atoms with Gasteiger partial charge in [-0.25, -0.2) is 0 Å². The van der Waals surface area contributed by atoms with E-state index in [1.807, 2.05) is 38.2 Å². The van der Waals surface area contributed by atoms with Crippen LogP contribution in [0.2, 0.25) is 0 Å². The fourth-order valence-electron chi connectivity index (χ4n) is 2.91. The lowest BCUT2D eigenvalue weighted by atomic mass is 9.77. The number of carbonyl (C=O) groups excluding carboxylic acids is 1. The number of aryl methyl sites for hydroxylation is 1. The molecule has 0 spiro atoms. The van der Waals surface area contributed by atoms with Gasteiger partial charge in [0.25, 0.3) is 0 Å². The summed E-state index contributed by atoms with van der Waals surface area (Å²) in [6.07, 6.45) is 3.16. The van der Waals surface area contributed by atoms with E-state index < -0.39 is 5.41 Å². The van der Waals surface area contributed by atoms with Crippen LogP contribution >= 0.6 is 12.2 Å². The summed E-state index contributed by atoms with van der Waals surface area (Å²) in [5.41, 5.74) is 7.24. The molecule has 0 saturated heterocycles. The molecule has 0 aromatic heterocycles. The number of rotatable bonds is 7. The Morgan fingerprint density at radius 1 is 1.24 bits per heavy atom. The monoisotopic (exact) mass is 306 g/mol. The standard InChI is InChI=1S/C17H26N2OS/c1-5-11-17(12-6-2,15(18)21)16(20)19(4)14-10-8-7-9-13(14)3/h7-10H,5-6,11-12H2,1-4H3,(H2,18,21). The van der Waals surface area contributed by atoms with E-state index in [1.54, 1.807) is 4.90 Å². The molecule has 2 N–H and O–H groups in total. The van der Waals surface area contributed by atoms with E-state index in [-0.39, 0.29) is 5.91 Å². The Hall–Kier alpha value is -1.42. The number of para-hydroxylation sites is 1. The average molecular weight is 306 g/mol. The highest BCUT2D eigenvalue weighted by Crippen LogP contribution is 2.34. The first kappa shape index (κ1) is 17.6. The van der Waals surface area contributed by atoms with E-state index in [0.29, 0.717) is 17.8 Å². The first-order chi connectivity index (χ1) is 9.90. The molecule has 0 saturated carbocycles. The Morgan fingerprint density at radius 3 is 2.19 bits per heavy atom. The maximum Gasteiger partial charge on any atom is 0.239 e. The Labute approximate surface area is 133 Å². The van der Waals surface area contributed by atoms with Gasteiger partial charge >= 0.3 is 0 Å². The van der Waals surface area contributed by atoms with Crippen molar-refractivity contribution in [3.63, 3.8) is 0 Å². The first-order valence-electron chi connectivity index (χ1n) is 7.54. The molecule has 1 rings (SSSR count). The molecular formula is C17H26N2OS. The third kappa shape index (κ3) is 3.62. The molecule has 0 aliphatic heterocycles. The van der Waals surface area contributed by atoms with Gasteiger partial charge < -0.3 is 10.6 Å². The zero-order valence-electron chi connectivity index (χ0n) is 13.5. The number of thiocarbonyl (C=S) groups is 1. The second-order valence-corrected chi connectivity index (χ2v) is 6.04. The number of nitrogens with two attached hydrogens (primary N) is 1. The molecule has 0 heterocycles. The van der Waals surface area contributed by atoms with E-state index >= 15 is 0 Å². The molecule has 0 atom stereocenters. The number of hydrogen-bond donors (Lipinski definition) is 1. The molecule has 0 unspecified atom stereocenters. The summed E-state index contributed by atoms with van der Waals surface area (Å²) in [6, 6.07) is 7.86. The van der Waals surface area contributed by atoms with Crippen molar-refractivity contribution in [3.05, 3.63) is 29.8 Å². The van der Waals surface area contributed by atoms with Crippen LogP contribution in [-0.4, -0.2) is 17.9 Å². The number of nitrogens with zero attached hydrogens (tertiary/aromatic N) is 1. The smallest absolute Gasteiger partial charge is 0.239 e. The Kier molecular flexibility index (Phi) is 6.34. The van der Waals surface area contributed by atoms with Crippen molar-refractivity contribution in [2.24, 2.45) is 11.1 Å². The Morgan fingerprint density at radius 2 is 1.76 bits per heavy atom. The Balaban J connectivity index is 3.22. The van der Waals surface area contributed by atoms with Crippen molar-refractivity contribution in [2.45, 2.75) is 46.5 Å². The fourth-order valence-corrected chi connectivity index (χ4v) is 3.21. The molecular weight excluding hydrogens is 280 g/mol. The van der Waals surface area contributed by atoms with Gasteiger partial charge in [-0.15, -0.1) is 0 Å². The van der Waals surface area contributed by atoms with Crippen molar-refractivity contribution in [3.8, 4) is 0 Å². The van der Waals surface area contributed by atoms with Crippen molar-refractivity contribution in [1.82, 2.24) is 0 Å². The number of benzene rings is 1. The number of amides is 1. The van der Waals surface area contributed by atoms with Gasteiger partial charge in [-0.3, -0.25) is 4.79 Å². The van der Waals surface area contributed by atoms with Gasteiger partial charge in [-0.2, -0.15) is 0 Å². The lowest BCUT2D eigenvalue weighted by Gasteiger charge is -2.35. The summed E-state index contributed by atoms with van der Waals surface area (Å²) in [4.78, 5) is 15.1. The van der Waals surface area contributed by atoms with E-state index in [0.717, 1.165) is 24.1 Å². The van der Waals surface area contributed by atoms with Gasteiger partial charge in [0.2, 0.25) is 5.91 Å².